The van der Waals surface area contributed by atoms with Crippen molar-refractivity contribution in [2.45, 2.75) is 25.4 Å². The van der Waals surface area contributed by atoms with Gasteiger partial charge in [-0.1, -0.05) is 23.7 Å². The van der Waals surface area contributed by atoms with Crippen LogP contribution in [0.5, 0.6) is 0 Å². The highest BCUT2D eigenvalue weighted by molar-refractivity contribution is 6.30. The Balaban J connectivity index is 1.28. The van der Waals surface area contributed by atoms with Crippen molar-refractivity contribution in [3.8, 4) is 0 Å². The lowest BCUT2D eigenvalue weighted by Gasteiger charge is -2.49. The molecule has 37 heavy (non-hydrogen) atoms. The number of nitrogens with zero attached hydrogens (tertiary/aromatic N) is 4. The van der Waals surface area contributed by atoms with E-state index in [1.165, 1.54) is 5.56 Å². The number of ether oxygens (including phenoxy) is 1. The summed E-state index contributed by atoms with van der Waals surface area (Å²) >= 11 is 6.06. The third-order valence-corrected chi connectivity index (χ3v) is 7.95. The Morgan fingerprint density at radius 1 is 1.08 bits per heavy atom. The smallest absolute Gasteiger partial charge is 0.269 e. The van der Waals surface area contributed by atoms with E-state index < -0.39 is 0 Å². The van der Waals surface area contributed by atoms with Gasteiger partial charge in [0.1, 0.15) is 0 Å². The number of nitro groups is 1. The first-order chi connectivity index (χ1) is 18.0. The van der Waals surface area contributed by atoms with E-state index in [0.29, 0.717) is 13.0 Å². The molecule has 198 valence electrons. The summed E-state index contributed by atoms with van der Waals surface area (Å²) in [5, 5.41) is 15.3. The normalized spacial score (nSPS) is 22.2. The molecular formula is C27H34ClN5O4. The highest BCUT2D eigenvalue weighted by Crippen LogP contribution is 2.38. The molecule has 0 unspecified atom stereocenters. The molecule has 5 rings (SSSR count). The molecule has 2 fully saturated rings. The Labute approximate surface area is 222 Å². The van der Waals surface area contributed by atoms with Crippen molar-refractivity contribution in [2.75, 3.05) is 63.9 Å². The zero-order valence-corrected chi connectivity index (χ0v) is 21.7. The van der Waals surface area contributed by atoms with Gasteiger partial charge in [-0.15, -0.1) is 0 Å². The predicted molar refractivity (Wildman–Crippen MR) is 143 cm³/mol. The summed E-state index contributed by atoms with van der Waals surface area (Å²) in [7, 11) is 0. The van der Waals surface area contributed by atoms with Gasteiger partial charge in [-0.05, 0) is 48.7 Å². The standard InChI is InChI=1S/C27H34ClN5O4/c28-22-4-2-20(3-5-22)18-31-10-11-32-25-7-6-23(33(35)36)16-21(25)17-24(26(32)19-31)27(34)29-8-1-9-30-12-14-37-15-13-30/h2-7,16,24,26H,1,8-15,17-19H2,(H,29,34)/t24-,26-/m0/s1. The number of hydrogen-bond donors (Lipinski definition) is 1. The molecule has 3 aliphatic heterocycles. The lowest BCUT2D eigenvalue weighted by molar-refractivity contribution is -0.384. The molecule has 3 aliphatic rings. The molecule has 2 aromatic carbocycles. The fourth-order valence-electron chi connectivity index (χ4n) is 5.74. The number of anilines is 1. The number of carbonyl (C=O) groups excluding carboxylic acids is 1. The maximum absolute atomic E-state index is 13.5. The van der Waals surface area contributed by atoms with E-state index in [9.17, 15) is 14.9 Å². The molecule has 1 amide bonds. The Hall–Kier alpha value is -2.72. The van der Waals surface area contributed by atoms with Crippen LogP contribution in [0.2, 0.25) is 5.02 Å². The number of benzene rings is 2. The Morgan fingerprint density at radius 3 is 2.62 bits per heavy atom. The number of morpholine rings is 1. The third kappa shape index (κ3) is 6.23. The van der Waals surface area contributed by atoms with Crippen molar-refractivity contribution in [3.05, 3.63) is 68.7 Å². The molecule has 0 radical (unpaired) electrons. The van der Waals surface area contributed by atoms with Crippen molar-refractivity contribution in [2.24, 2.45) is 5.92 Å². The zero-order valence-electron chi connectivity index (χ0n) is 21.0. The lowest BCUT2D eigenvalue weighted by atomic mass is 9.83. The van der Waals surface area contributed by atoms with Crippen LogP contribution in [0.4, 0.5) is 11.4 Å². The average Bonchev–Trinajstić information content (AvgIpc) is 2.92. The summed E-state index contributed by atoms with van der Waals surface area (Å²) in [6.45, 7) is 8.14. The predicted octanol–water partition coefficient (Wildman–Crippen LogP) is 2.95. The monoisotopic (exact) mass is 527 g/mol. The molecule has 2 aromatic rings. The van der Waals surface area contributed by atoms with E-state index in [-0.39, 0.29) is 28.5 Å². The summed E-state index contributed by atoms with van der Waals surface area (Å²) in [5.41, 5.74) is 3.15. The van der Waals surface area contributed by atoms with E-state index >= 15 is 0 Å². The molecule has 0 bridgehead atoms. The number of hydrogen-bond acceptors (Lipinski definition) is 7. The summed E-state index contributed by atoms with van der Waals surface area (Å²) in [6, 6.07) is 13.0. The van der Waals surface area contributed by atoms with Gasteiger partial charge in [-0.3, -0.25) is 24.7 Å². The maximum Gasteiger partial charge on any atom is 0.269 e. The molecule has 0 saturated carbocycles. The highest BCUT2D eigenvalue weighted by Gasteiger charge is 2.41. The molecule has 0 aliphatic carbocycles. The van der Waals surface area contributed by atoms with Crippen molar-refractivity contribution in [1.29, 1.82) is 0 Å². The van der Waals surface area contributed by atoms with Gasteiger partial charge in [0.25, 0.3) is 5.69 Å². The zero-order chi connectivity index (χ0) is 25.8. The van der Waals surface area contributed by atoms with Crippen molar-refractivity contribution >= 4 is 28.9 Å². The van der Waals surface area contributed by atoms with E-state index in [4.69, 9.17) is 16.3 Å². The second kappa shape index (κ2) is 11.8. The molecule has 1 N–H and O–H groups in total. The van der Waals surface area contributed by atoms with Gasteiger partial charge in [0, 0.05) is 68.7 Å². The molecular weight excluding hydrogens is 494 g/mol. The molecule has 3 heterocycles. The third-order valence-electron chi connectivity index (χ3n) is 7.70. The second-order valence-electron chi connectivity index (χ2n) is 10.1. The van der Waals surface area contributed by atoms with Crippen molar-refractivity contribution in [3.63, 3.8) is 0 Å². The van der Waals surface area contributed by atoms with Crippen LogP contribution in [0, 0.1) is 16.0 Å². The number of nitrogens with one attached hydrogen (secondary N) is 1. The van der Waals surface area contributed by atoms with Crippen molar-refractivity contribution in [1.82, 2.24) is 15.1 Å². The minimum Gasteiger partial charge on any atom is -0.379 e. The molecule has 2 atom stereocenters. The number of amides is 1. The molecule has 2 saturated heterocycles. The summed E-state index contributed by atoms with van der Waals surface area (Å²) in [6.07, 6.45) is 1.39. The van der Waals surface area contributed by atoms with Gasteiger partial charge in [-0.2, -0.15) is 0 Å². The summed E-state index contributed by atoms with van der Waals surface area (Å²) < 4.78 is 5.41. The van der Waals surface area contributed by atoms with Crippen LogP contribution in [-0.4, -0.2) is 85.7 Å². The molecule has 9 nitrogen and oxygen atoms in total. The summed E-state index contributed by atoms with van der Waals surface area (Å²) in [5.74, 6) is -0.242. The van der Waals surface area contributed by atoms with E-state index in [1.54, 1.807) is 12.1 Å². The number of non-ortho nitro benzene ring substituents is 1. The van der Waals surface area contributed by atoms with Crippen LogP contribution in [0.3, 0.4) is 0 Å². The van der Waals surface area contributed by atoms with Gasteiger partial charge in [0.05, 0.1) is 30.1 Å². The van der Waals surface area contributed by atoms with Crippen LogP contribution in [0.15, 0.2) is 42.5 Å². The number of piperazine rings is 1. The SMILES string of the molecule is O=C(NCCCN1CCOCC1)[C@H]1Cc2cc([N+](=O)[O-])ccc2N2CCN(Cc3ccc(Cl)cc3)C[C@@H]12. The second-order valence-corrected chi connectivity index (χ2v) is 10.5. The van der Waals surface area contributed by atoms with Crippen LogP contribution < -0.4 is 10.2 Å². The Bertz CT molecular complexity index is 1110. The first-order valence-electron chi connectivity index (χ1n) is 13.1. The highest BCUT2D eigenvalue weighted by atomic mass is 35.5. The van der Waals surface area contributed by atoms with Gasteiger partial charge in [0.15, 0.2) is 0 Å². The van der Waals surface area contributed by atoms with Crippen LogP contribution >= 0.6 is 11.6 Å². The largest absolute Gasteiger partial charge is 0.379 e. The number of carbonyl (C=O) groups is 1. The van der Waals surface area contributed by atoms with E-state index in [2.05, 4.69) is 20.0 Å². The average molecular weight is 528 g/mol. The van der Waals surface area contributed by atoms with Crippen molar-refractivity contribution < 1.29 is 14.5 Å². The molecule has 10 heteroatoms. The van der Waals surface area contributed by atoms with E-state index in [0.717, 1.165) is 81.7 Å². The van der Waals surface area contributed by atoms with Crippen LogP contribution in [0.25, 0.3) is 0 Å². The fraction of sp³-hybridized carbons (Fsp3) is 0.519. The van der Waals surface area contributed by atoms with E-state index in [1.807, 2.05) is 30.3 Å². The fourth-order valence-corrected chi connectivity index (χ4v) is 5.87. The first-order valence-corrected chi connectivity index (χ1v) is 13.4. The van der Waals surface area contributed by atoms with Gasteiger partial charge in [-0.25, -0.2) is 0 Å². The number of nitro benzene ring substituents is 1. The Morgan fingerprint density at radius 2 is 1.86 bits per heavy atom. The summed E-state index contributed by atoms with van der Waals surface area (Å²) in [4.78, 5) is 31.6. The lowest BCUT2D eigenvalue weighted by Crippen LogP contribution is -2.61. The quantitative estimate of drug-likeness (QED) is 0.320. The first kappa shape index (κ1) is 25.9. The number of fused-ring (bicyclic) bond motifs is 3. The number of rotatable bonds is 8. The minimum atomic E-state index is -0.364. The Kier molecular flexibility index (Phi) is 8.24. The topological polar surface area (TPSA) is 91.2 Å². The van der Waals surface area contributed by atoms with Gasteiger partial charge >= 0.3 is 0 Å². The van der Waals surface area contributed by atoms with Crippen LogP contribution in [0.1, 0.15) is 17.5 Å². The maximum atomic E-state index is 13.5. The van der Waals surface area contributed by atoms with Crippen LogP contribution in [-0.2, 0) is 22.5 Å². The van der Waals surface area contributed by atoms with Gasteiger partial charge < -0.3 is 15.0 Å². The minimum absolute atomic E-state index is 0.00856. The molecule has 0 spiro atoms. The number of halogens is 1. The molecule has 0 aromatic heterocycles. The van der Waals surface area contributed by atoms with Gasteiger partial charge in [0.2, 0.25) is 5.91 Å².